The molecule has 4 aromatic carbocycles. The van der Waals surface area contributed by atoms with Gasteiger partial charge in [0.1, 0.15) is 11.5 Å². The number of hydrogen-bond acceptors (Lipinski definition) is 5. The number of fused-ring (bicyclic) bond motifs is 6. The molecule has 0 saturated carbocycles. The Hall–Kier alpha value is -4.58. The fourth-order valence-electron chi connectivity index (χ4n) is 9.85. The van der Waals surface area contributed by atoms with E-state index in [1.54, 1.807) is 0 Å². The standard InChI is InChI=1S/C42H42BN3O2/c1-39(2)23-41(5,6)29-21-25(17-19-27(29)39)46(26-18-20-28-30(22-26)42(7,8)24-40(28,3)4)38-44-36-35-37(45-38)48-34-16-12-10-14-32(34)43(35)31-13-9-11-15-33(31)47-36/h9-22H,23-24H2,1-8H3. The number of nitrogens with zero attached hydrogens (tertiary/aromatic N) is 3. The summed E-state index contributed by atoms with van der Waals surface area (Å²) < 4.78 is 13.2. The van der Waals surface area contributed by atoms with Crippen LogP contribution < -0.4 is 30.8 Å². The third-order valence-electron chi connectivity index (χ3n) is 11.4. The summed E-state index contributed by atoms with van der Waals surface area (Å²) in [6.45, 7) is 18.8. The first-order valence-electron chi connectivity index (χ1n) is 17.3. The van der Waals surface area contributed by atoms with Crippen molar-refractivity contribution in [2.24, 2.45) is 0 Å². The van der Waals surface area contributed by atoms with Crippen molar-refractivity contribution in [3.05, 3.63) is 107 Å². The summed E-state index contributed by atoms with van der Waals surface area (Å²) in [4.78, 5) is 12.7. The van der Waals surface area contributed by atoms with Crippen LogP contribution in [0.3, 0.4) is 0 Å². The topological polar surface area (TPSA) is 47.5 Å². The fraction of sp³-hybridized carbons (Fsp3) is 0.333. The summed E-state index contributed by atoms with van der Waals surface area (Å²) in [5.41, 5.74) is 11.0. The van der Waals surface area contributed by atoms with Gasteiger partial charge < -0.3 is 9.47 Å². The molecule has 0 saturated heterocycles. The fourth-order valence-corrected chi connectivity index (χ4v) is 9.85. The number of anilines is 3. The maximum Gasteiger partial charge on any atom is 0.265 e. The Morgan fingerprint density at radius 3 is 1.42 bits per heavy atom. The molecular weight excluding hydrogens is 589 g/mol. The Balaban J connectivity index is 1.28. The van der Waals surface area contributed by atoms with Crippen LogP contribution in [0.4, 0.5) is 17.3 Å². The van der Waals surface area contributed by atoms with Crippen LogP contribution in [0.5, 0.6) is 23.3 Å². The van der Waals surface area contributed by atoms with Gasteiger partial charge in [0.05, 0.1) is 5.46 Å². The number of benzene rings is 4. The molecule has 2 aliphatic heterocycles. The molecule has 0 unspecified atom stereocenters. The minimum absolute atomic E-state index is 0.0417. The second-order valence-corrected chi connectivity index (χ2v) is 16.9. The van der Waals surface area contributed by atoms with E-state index in [0.29, 0.717) is 17.7 Å². The molecule has 0 fully saturated rings. The van der Waals surface area contributed by atoms with Crippen LogP contribution in [0.2, 0.25) is 0 Å². The van der Waals surface area contributed by atoms with E-state index in [0.717, 1.165) is 52.1 Å². The highest BCUT2D eigenvalue weighted by molar-refractivity contribution is 6.98. The summed E-state index contributed by atoms with van der Waals surface area (Å²) >= 11 is 0. The number of hydrogen-bond donors (Lipinski definition) is 0. The lowest BCUT2D eigenvalue weighted by atomic mass is 9.35. The third-order valence-corrected chi connectivity index (χ3v) is 11.4. The lowest BCUT2D eigenvalue weighted by Crippen LogP contribution is -2.57. The third kappa shape index (κ3) is 4.17. The van der Waals surface area contributed by atoms with Gasteiger partial charge in [0, 0.05) is 11.4 Å². The number of aromatic nitrogens is 2. The molecule has 0 N–H and O–H groups in total. The van der Waals surface area contributed by atoms with Gasteiger partial charge in [-0.1, -0.05) is 104 Å². The summed E-state index contributed by atoms with van der Waals surface area (Å²) in [5.74, 6) is 3.26. The Morgan fingerprint density at radius 2 is 0.958 bits per heavy atom. The molecule has 5 nitrogen and oxygen atoms in total. The first-order chi connectivity index (χ1) is 22.7. The zero-order chi connectivity index (χ0) is 33.4. The number of ether oxygens (including phenoxy) is 2. The van der Waals surface area contributed by atoms with Crippen LogP contribution in [0, 0.1) is 0 Å². The molecule has 0 amide bonds. The van der Waals surface area contributed by atoms with Crippen LogP contribution in [0.15, 0.2) is 84.9 Å². The Labute approximate surface area is 284 Å². The van der Waals surface area contributed by atoms with Gasteiger partial charge in [0.25, 0.3) is 6.71 Å². The normalized spacial score (nSPS) is 19.2. The molecular formula is C42H42BN3O2. The van der Waals surface area contributed by atoms with Crippen LogP contribution in [0.1, 0.15) is 90.5 Å². The molecule has 240 valence electrons. The van der Waals surface area contributed by atoms with Crippen molar-refractivity contribution in [1.82, 2.24) is 9.97 Å². The zero-order valence-electron chi connectivity index (χ0n) is 29.2. The van der Waals surface area contributed by atoms with Gasteiger partial charge in [-0.25, -0.2) is 0 Å². The molecule has 0 spiro atoms. The Morgan fingerprint density at radius 1 is 0.542 bits per heavy atom. The summed E-state index contributed by atoms with van der Waals surface area (Å²) in [7, 11) is 0. The first kappa shape index (κ1) is 29.6. The highest BCUT2D eigenvalue weighted by Crippen LogP contribution is 2.53. The van der Waals surface area contributed by atoms with E-state index in [-0.39, 0.29) is 28.4 Å². The van der Waals surface area contributed by atoms with E-state index in [2.05, 4.69) is 121 Å². The van der Waals surface area contributed by atoms with E-state index in [1.807, 2.05) is 24.3 Å². The lowest BCUT2D eigenvalue weighted by Gasteiger charge is -2.33. The lowest BCUT2D eigenvalue weighted by molar-refractivity contribution is 0.403. The monoisotopic (exact) mass is 631 g/mol. The van der Waals surface area contributed by atoms with E-state index in [9.17, 15) is 0 Å². The zero-order valence-corrected chi connectivity index (χ0v) is 29.2. The summed E-state index contributed by atoms with van der Waals surface area (Å²) in [5, 5.41) is 0. The largest absolute Gasteiger partial charge is 0.440 e. The molecule has 0 radical (unpaired) electrons. The maximum atomic E-state index is 6.61. The predicted molar refractivity (Wildman–Crippen MR) is 196 cm³/mol. The predicted octanol–water partition coefficient (Wildman–Crippen LogP) is 8.59. The van der Waals surface area contributed by atoms with Gasteiger partial charge in [0.15, 0.2) is 0 Å². The highest BCUT2D eigenvalue weighted by Gasteiger charge is 2.45. The average molecular weight is 632 g/mol. The van der Waals surface area contributed by atoms with E-state index >= 15 is 0 Å². The molecule has 4 aliphatic rings. The molecule has 3 heterocycles. The molecule has 1 aromatic heterocycles. The van der Waals surface area contributed by atoms with Crippen molar-refractivity contribution in [3.8, 4) is 23.3 Å². The van der Waals surface area contributed by atoms with Crippen molar-refractivity contribution < 1.29 is 9.47 Å². The van der Waals surface area contributed by atoms with Crippen LogP contribution in [-0.4, -0.2) is 16.7 Å². The van der Waals surface area contributed by atoms with Crippen molar-refractivity contribution in [1.29, 1.82) is 0 Å². The smallest absolute Gasteiger partial charge is 0.265 e. The van der Waals surface area contributed by atoms with Gasteiger partial charge in [-0.2, -0.15) is 9.97 Å². The average Bonchev–Trinajstić information content (AvgIpc) is 3.34. The molecule has 6 heteroatoms. The van der Waals surface area contributed by atoms with Crippen molar-refractivity contribution >= 4 is 40.4 Å². The van der Waals surface area contributed by atoms with Crippen molar-refractivity contribution in [2.75, 3.05) is 4.90 Å². The molecule has 48 heavy (non-hydrogen) atoms. The number of rotatable bonds is 3. The Bertz CT molecular complexity index is 2030. The van der Waals surface area contributed by atoms with Crippen molar-refractivity contribution in [2.45, 2.75) is 89.9 Å². The minimum atomic E-state index is -0.0709. The number of para-hydroxylation sites is 2. The summed E-state index contributed by atoms with van der Waals surface area (Å²) in [6, 6.07) is 30.4. The van der Waals surface area contributed by atoms with E-state index in [1.165, 1.54) is 22.3 Å². The van der Waals surface area contributed by atoms with Crippen molar-refractivity contribution in [3.63, 3.8) is 0 Å². The Kier molecular flexibility index (Phi) is 5.86. The molecule has 2 aliphatic carbocycles. The SMILES string of the molecule is CC1(C)CC(C)(C)c2cc(N(c3ccc4c(c3)C(C)(C)CC4(C)C)c3nc4c5c(n3)Oc3ccccc3B5c3ccccc3O4)ccc21. The quantitative estimate of drug-likeness (QED) is 0.183. The van der Waals surface area contributed by atoms with E-state index in [4.69, 9.17) is 19.4 Å². The van der Waals surface area contributed by atoms with E-state index < -0.39 is 0 Å². The van der Waals surface area contributed by atoms with Gasteiger partial charge in [-0.15, -0.1) is 0 Å². The summed E-state index contributed by atoms with van der Waals surface area (Å²) in [6.07, 6.45) is 2.20. The molecule has 5 aromatic rings. The van der Waals surface area contributed by atoms with Gasteiger partial charge >= 0.3 is 0 Å². The second kappa shape index (κ2) is 9.53. The minimum Gasteiger partial charge on any atom is -0.440 e. The van der Waals surface area contributed by atoms with Crippen LogP contribution >= 0.6 is 0 Å². The molecule has 9 rings (SSSR count). The van der Waals surface area contributed by atoms with Crippen LogP contribution in [0.25, 0.3) is 0 Å². The van der Waals surface area contributed by atoms with Gasteiger partial charge in [-0.05, 0) is 104 Å². The first-order valence-corrected chi connectivity index (χ1v) is 17.3. The van der Waals surface area contributed by atoms with Crippen LogP contribution in [-0.2, 0) is 21.7 Å². The maximum absolute atomic E-state index is 6.61. The molecule has 0 bridgehead atoms. The van der Waals surface area contributed by atoms with Gasteiger partial charge in [0.2, 0.25) is 17.7 Å². The highest BCUT2D eigenvalue weighted by atomic mass is 16.5. The van der Waals surface area contributed by atoms with Gasteiger partial charge in [-0.3, -0.25) is 4.90 Å². The molecule has 0 atom stereocenters. The second-order valence-electron chi connectivity index (χ2n) is 16.9.